The number of hydrogen-bond donors (Lipinski definition) is 2. The second-order valence-electron chi connectivity index (χ2n) is 2.43. The second kappa shape index (κ2) is 5.13. The molecular formula is C7H14ClN3O. The lowest BCUT2D eigenvalue weighted by Crippen LogP contribution is -2.02. The van der Waals surface area contributed by atoms with Gasteiger partial charge < -0.3 is 10.8 Å². The number of aromatic nitrogens is 2. The number of nitrogens with zero attached hydrogens (tertiary/aromatic N) is 2. The van der Waals surface area contributed by atoms with Gasteiger partial charge in [-0.15, -0.1) is 12.4 Å². The van der Waals surface area contributed by atoms with Gasteiger partial charge in [-0.3, -0.25) is 4.68 Å². The van der Waals surface area contributed by atoms with Gasteiger partial charge in [0.2, 0.25) is 0 Å². The second-order valence-corrected chi connectivity index (χ2v) is 2.43. The Bertz CT molecular complexity index is 237. The molecule has 5 heteroatoms. The van der Waals surface area contributed by atoms with Crippen molar-refractivity contribution in [2.45, 2.75) is 20.0 Å². The fourth-order valence-corrected chi connectivity index (χ4v) is 0.976. The smallest absolute Gasteiger partial charge is 0.0641 e. The van der Waals surface area contributed by atoms with Crippen LogP contribution in [-0.4, -0.2) is 21.5 Å². The molecular weight excluding hydrogens is 178 g/mol. The first kappa shape index (κ1) is 11.4. The lowest BCUT2D eigenvalue weighted by atomic mass is 10.3. The quantitative estimate of drug-likeness (QED) is 0.711. The van der Waals surface area contributed by atoms with Gasteiger partial charge in [-0.05, 0) is 6.92 Å². The summed E-state index contributed by atoms with van der Waals surface area (Å²) in [6, 6.07) is 0. The standard InChI is InChI=1S/C7H13N3O.ClH/c1-6-7(4-8)5-10(9-6)2-3-11;/h5,11H,2-4,8H2,1H3;1H. The van der Waals surface area contributed by atoms with Crippen molar-refractivity contribution in [3.8, 4) is 0 Å². The minimum atomic E-state index is 0. The molecule has 12 heavy (non-hydrogen) atoms. The molecule has 1 rings (SSSR count). The Morgan fingerprint density at radius 1 is 1.67 bits per heavy atom. The van der Waals surface area contributed by atoms with E-state index in [1.807, 2.05) is 13.1 Å². The van der Waals surface area contributed by atoms with Crippen LogP contribution in [0.25, 0.3) is 0 Å². The van der Waals surface area contributed by atoms with Crippen molar-refractivity contribution in [3.05, 3.63) is 17.5 Å². The third-order valence-corrected chi connectivity index (χ3v) is 1.60. The van der Waals surface area contributed by atoms with E-state index in [0.717, 1.165) is 11.3 Å². The number of nitrogens with two attached hydrogens (primary N) is 1. The molecule has 1 heterocycles. The molecule has 1 aromatic rings. The summed E-state index contributed by atoms with van der Waals surface area (Å²) in [6.45, 7) is 3.08. The highest BCUT2D eigenvalue weighted by molar-refractivity contribution is 5.85. The van der Waals surface area contributed by atoms with E-state index in [0.29, 0.717) is 13.1 Å². The molecule has 0 amide bonds. The molecule has 0 aliphatic rings. The van der Waals surface area contributed by atoms with E-state index in [1.165, 1.54) is 0 Å². The van der Waals surface area contributed by atoms with E-state index in [2.05, 4.69) is 5.10 Å². The van der Waals surface area contributed by atoms with Gasteiger partial charge in [-0.25, -0.2) is 0 Å². The van der Waals surface area contributed by atoms with Gasteiger partial charge in [-0.1, -0.05) is 0 Å². The van der Waals surface area contributed by atoms with Crippen molar-refractivity contribution in [1.82, 2.24) is 9.78 Å². The third kappa shape index (κ3) is 2.48. The van der Waals surface area contributed by atoms with Gasteiger partial charge in [0.15, 0.2) is 0 Å². The van der Waals surface area contributed by atoms with Gasteiger partial charge in [-0.2, -0.15) is 5.10 Å². The number of rotatable bonds is 3. The van der Waals surface area contributed by atoms with Crippen molar-refractivity contribution in [3.63, 3.8) is 0 Å². The van der Waals surface area contributed by atoms with Crippen LogP contribution in [0.1, 0.15) is 11.3 Å². The lowest BCUT2D eigenvalue weighted by molar-refractivity contribution is 0.269. The predicted molar refractivity (Wildman–Crippen MR) is 49.2 cm³/mol. The normalized spacial score (nSPS) is 9.58. The molecule has 4 nitrogen and oxygen atoms in total. The van der Waals surface area contributed by atoms with Crippen LogP contribution in [0.3, 0.4) is 0 Å². The van der Waals surface area contributed by atoms with Gasteiger partial charge in [0.25, 0.3) is 0 Å². The molecule has 0 bridgehead atoms. The van der Waals surface area contributed by atoms with Gasteiger partial charge in [0.05, 0.1) is 18.8 Å². The average molecular weight is 192 g/mol. The Hall–Kier alpha value is -0.580. The lowest BCUT2D eigenvalue weighted by Gasteiger charge is -1.93. The third-order valence-electron chi connectivity index (χ3n) is 1.60. The molecule has 0 saturated heterocycles. The molecule has 3 N–H and O–H groups in total. The number of hydrogen-bond acceptors (Lipinski definition) is 3. The Morgan fingerprint density at radius 3 is 2.75 bits per heavy atom. The monoisotopic (exact) mass is 191 g/mol. The van der Waals surface area contributed by atoms with Crippen LogP contribution in [0.2, 0.25) is 0 Å². The topological polar surface area (TPSA) is 64.1 Å². The molecule has 0 atom stereocenters. The van der Waals surface area contributed by atoms with E-state index >= 15 is 0 Å². The van der Waals surface area contributed by atoms with E-state index in [1.54, 1.807) is 4.68 Å². The molecule has 0 aromatic carbocycles. The summed E-state index contributed by atoms with van der Waals surface area (Å²) >= 11 is 0. The van der Waals surface area contributed by atoms with Crippen LogP contribution in [0.15, 0.2) is 6.20 Å². The molecule has 0 fully saturated rings. The molecule has 0 aliphatic heterocycles. The minimum Gasteiger partial charge on any atom is -0.394 e. The first-order valence-electron chi connectivity index (χ1n) is 3.61. The first-order chi connectivity index (χ1) is 5.27. The predicted octanol–water partition coefficient (Wildman–Crippen LogP) is 0.0643. The maximum atomic E-state index is 8.60. The van der Waals surface area contributed by atoms with Crippen LogP contribution in [0.5, 0.6) is 0 Å². The highest BCUT2D eigenvalue weighted by Gasteiger charge is 2.00. The van der Waals surface area contributed by atoms with Crippen molar-refractivity contribution in [2.75, 3.05) is 6.61 Å². The summed E-state index contributed by atoms with van der Waals surface area (Å²) in [6.07, 6.45) is 1.87. The fraction of sp³-hybridized carbons (Fsp3) is 0.571. The summed E-state index contributed by atoms with van der Waals surface area (Å²) in [7, 11) is 0. The van der Waals surface area contributed by atoms with Gasteiger partial charge in [0, 0.05) is 18.3 Å². The Balaban J connectivity index is 0.00000121. The van der Waals surface area contributed by atoms with Crippen LogP contribution >= 0.6 is 12.4 Å². The Morgan fingerprint density at radius 2 is 2.33 bits per heavy atom. The summed E-state index contributed by atoms with van der Waals surface area (Å²) in [5.41, 5.74) is 7.43. The average Bonchev–Trinajstić information content (AvgIpc) is 2.32. The van der Waals surface area contributed by atoms with Crippen LogP contribution < -0.4 is 5.73 Å². The highest BCUT2D eigenvalue weighted by Crippen LogP contribution is 2.03. The molecule has 0 radical (unpaired) electrons. The maximum Gasteiger partial charge on any atom is 0.0641 e. The zero-order valence-corrected chi connectivity index (χ0v) is 7.84. The molecule has 0 aliphatic carbocycles. The number of aryl methyl sites for hydroxylation is 1. The zero-order valence-electron chi connectivity index (χ0n) is 7.03. The number of halogens is 1. The Labute approximate surface area is 77.8 Å². The Kier molecular flexibility index (Phi) is 4.89. The molecule has 0 saturated carbocycles. The van der Waals surface area contributed by atoms with E-state index in [9.17, 15) is 0 Å². The van der Waals surface area contributed by atoms with Crippen LogP contribution in [0, 0.1) is 6.92 Å². The number of aliphatic hydroxyl groups is 1. The van der Waals surface area contributed by atoms with Crippen LogP contribution in [-0.2, 0) is 13.1 Å². The summed E-state index contributed by atoms with van der Waals surface area (Å²) < 4.78 is 1.71. The van der Waals surface area contributed by atoms with E-state index in [-0.39, 0.29) is 19.0 Å². The maximum absolute atomic E-state index is 8.60. The summed E-state index contributed by atoms with van der Waals surface area (Å²) in [5, 5.41) is 12.7. The van der Waals surface area contributed by atoms with Gasteiger partial charge >= 0.3 is 0 Å². The SMILES string of the molecule is Cc1nn(CCO)cc1CN.Cl. The minimum absolute atomic E-state index is 0. The molecule has 1 aromatic heterocycles. The zero-order chi connectivity index (χ0) is 8.27. The fourth-order valence-electron chi connectivity index (χ4n) is 0.976. The first-order valence-corrected chi connectivity index (χ1v) is 3.61. The van der Waals surface area contributed by atoms with Gasteiger partial charge in [0.1, 0.15) is 0 Å². The van der Waals surface area contributed by atoms with E-state index < -0.39 is 0 Å². The summed E-state index contributed by atoms with van der Waals surface area (Å²) in [4.78, 5) is 0. The number of aliphatic hydroxyl groups excluding tert-OH is 1. The van der Waals surface area contributed by atoms with E-state index in [4.69, 9.17) is 10.8 Å². The highest BCUT2D eigenvalue weighted by atomic mass is 35.5. The molecule has 0 unspecified atom stereocenters. The van der Waals surface area contributed by atoms with Crippen LogP contribution in [0.4, 0.5) is 0 Å². The van der Waals surface area contributed by atoms with Crippen molar-refractivity contribution in [1.29, 1.82) is 0 Å². The van der Waals surface area contributed by atoms with Crippen molar-refractivity contribution < 1.29 is 5.11 Å². The van der Waals surface area contributed by atoms with Crippen molar-refractivity contribution in [2.24, 2.45) is 5.73 Å². The molecule has 70 valence electrons. The van der Waals surface area contributed by atoms with Crippen molar-refractivity contribution >= 4 is 12.4 Å². The molecule has 0 spiro atoms. The largest absolute Gasteiger partial charge is 0.394 e. The summed E-state index contributed by atoms with van der Waals surface area (Å²) in [5.74, 6) is 0.